The number of imide groups is 1. The summed E-state index contributed by atoms with van der Waals surface area (Å²) in [6.07, 6.45) is 15.6. The smallest absolute Gasteiger partial charge is 0.254 e. The molecule has 0 saturated heterocycles. The van der Waals surface area contributed by atoms with Crippen LogP contribution in [0.15, 0.2) is 60.7 Å². The van der Waals surface area contributed by atoms with Crippen molar-refractivity contribution in [2.75, 3.05) is 59.2 Å². The van der Waals surface area contributed by atoms with Gasteiger partial charge >= 0.3 is 0 Å². The molecular formula is C65H75N3O12. The minimum Gasteiger partial charge on any atom is -0.502 e. The van der Waals surface area contributed by atoms with Crippen molar-refractivity contribution in [3.63, 3.8) is 0 Å². The first-order valence-corrected chi connectivity index (χ1v) is 29.7. The van der Waals surface area contributed by atoms with Crippen molar-refractivity contribution in [3.05, 3.63) is 105 Å². The van der Waals surface area contributed by atoms with E-state index < -0.39 is 35.1 Å². The Morgan fingerprint density at radius 3 is 2.41 bits per heavy atom. The van der Waals surface area contributed by atoms with Gasteiger partial charge in [0.05, 0.1) is 51.2 Å². The molecule has 422 valence electrons. The maximum atomic E-state index is 14.3. The Bertz CT molecular complexity index is 3220. The van der Waals surface area contributed by atoms with Crippen LogP contribution in [0, 0.1) is 47.3 Å². The Balaban J connectivity index is 0.859. The molecule has 7 N–H and O–H groups in total. The lowest BCUT2D eigenvalue weighted by molar-refractivity contribution is -0.194. The van der Waals surface area contributed by atoms with Gasteiger partial charge in [-0.05, 0) is 152 Å². The molecule has 4 fully saturated rings. The molecule has 15 nitrogen and oxygen atoms in total. The Kier molecular flexibility index (Phi) is 12.9. The van der Waals surface area contributed by atoms with Crippen molar-refractivity contribution < 1.29 is 58.8 Å². The first-order valence-electron chi connectivity index (χ1n) is 29.7. The predicted octanol–water partition coefficient (Wildman–Crippen LogP) is 8.72. The number of carbonyl (C=O) groups is 2. The van der Waals surface area contributed by atoms with Gasteiger partial charge in [0.1, 0.15) is 24.0 Å². The third-order valence-corrected chi connectivity index (χ3v) is 21.8. The highest BCUT2D eigenvalue weighted by atomic mass is 16.5. The van der Waals surface area contributed by atoms with Crippen molar-refractivity contribution in [3.8, 4) is 45.6 Å². The molecule has 15 heteroatoms. The fraction of sp³-hybridized carbons (Fsp3) is 0.538. The highest BCUT2D eigenvalue weighted by Crippen LogP contribution is 2.75. The largest absolute Gasteiger partial charge is 0.502 e. The SMILES string of the molecule is CCNCOc1cc(OC)c2c3c1[C@H](O)Nc1cc4c(c(c1-3)CC2)[C@@H](O)[C@H](c1cc(OC)c(O)c(OC[C@H](CO)[C@@]23c5c6cccc5[C@@H]5C[C@@H]7[C@H](CCO)CC[C@@H]([C@H]7[C@H]2C5)[C@@H](C2(N5C(=O)C=CC5=O)CCCCC2)[C@@H]3C=C6)c1)CO4. The number of nitrogens with one attached hydrogen (secondary N) is 2. The van der Waals surface area contributed by atoms with E-state index in [-0.39, 0.29) is 91.8 Å². The lowest BCUT2D eigenvalue weighted by atomic mass is 9.32. The van der Waals surface area contributed by atoms with E-state index >= 15 is 0 Å². The molecular weight excluding hydrogens is 1010 g/mol. The summed E-state index contributed by atoms with van der Waals surface area (Å²) in [5.74, 6) is 1.53. The molecule has 4 aromatic rings. The van der Waals surface area contributed by atoms with Crippen molar-refractivity contribution in [2.24, 2.45) is 47.3 Å². The number of amides is 2. The van der Waals surface area contributed by atoms with E-state index in [4.69, 9.17) is 23.7 Å². The van der Waals surface area contributed by atoms with Gasteiger partial charge in [-0.15, -0.1) is 0 Å². The minimum absolute atomic E-state index is 0.0357. The van der Waals surface area contributed by atoms with Gasteiger partial charge in [0.15, 0.2) is 17.7 Å². The average molecular weight is 1090 g/mol. The maximum Gasteiger partial charge on any atom is 0.254 e. The molecule has 0 spiro atoms. The van der Waals surface area contributed by atoms with E-state index in [1.54, 1.807) is 24.1 Å². The topological polar surface area (TPSA) is 209 Å². The highest BCUT2D eigenvalue weighted by Gasteiger charge is 2.72. The Hall–Kier alpha value is -6.10. The number of allylic oxidation sites excluding steroid dienone is 1. The van der Waals surface area contributed by atoms with Gasteiger partial charge in [-0.2, -0.15) is 0 Å². The van der Waals surface area contributed by atoms with E-state index in [0.717, 1.165) is 92.0 Å². The molecule has 3 heterocycles. The highest BCUT2D eigenvalue weighted by molar-refractivity contribution is 6.13. The summed E-state index contributed by atoms with van der Waals surface area (Å²) in [5.41, 5.74) is 8.47. The number of fused-ring (bicyclic) bond motifs is 4. The Morgan fingerprint density at radius 1 is 0.863 bits per heavy atom. The van der Waals surface area contributed by atoms with Gasteiger partial charge in [0.2, 0.25) is 5.75 Å². The molecule has 2 amide bonds. The fourth-order valence-corrected chi connectivity index (χ4v) is 19.1. The zero-order chi connectivity index (χ0) is 54.9. The number of carbonyl (C=O) groups excluding carboxylic acids is 2. The third-order valence-electron chi connectivity index (χ3n) is 21.8. The summed E-state index contributed by atoms with van der Waals surface area (Å²) in [4.78, 5) is 30.2. The minimum atomic E-state index is -1.07. The van der Waals surface area contributed by atoms with E-state index in [9.17, 15) is 35.1 Å². The molecule has 10 aliphatic rings. The summed E-state index contributed by atoms with van der Waals surface area (Å²) in [6.45, 7) is 2.99. The normalized spacial score (nSPS) is 31.6. The first-order chi connectivity index (χ1) is 39.0. The number of aliphatic hydroxyl groups is 4. The number of anilines is 1. The van der Waals surface area contributed by atoms with Gasteiger partial charge in [0, 0.05) is 76.1 Å². The van der Waals surface area contributed by atoms with E-state index in [0.29, 0.717) is 76.8 Å². The number of hydrogen-bond acceptors (Lipinski definition) is 14. The van der Waals surface area contributed by atoms with Gasteiger partial charge in [-0.1, -0.05) is 56.5 Å². The third kappa shape index (κ3) is 7.34. The molecule has 13 atom stereocenters. The van der Waals surface area contributed by atoms with Crippen molar-refractivity contribution in [1.29, 1.82) is 0 Å². The van der Waals surface area contributed by atoms with Gasteiger partial charge in [-0.3, -0.25) is 19.8 Å². The lowest BCUT2D eigenvalue weighted by Gasteiger charge is -2.73. The van der Waals surface area contributed by atoms with Crippen molar-refractivity contribution >= 4 is 23.6 Å². The number of aromatic hydroxyl groups is 1. The number of hydrogen-bond donors (Lipinski definition) is 7. The average Bonchev–Trinajstić information content (AvgIpc) is 3.88. The van der Waals surface area contributed by atoms with Gasteiger partial charge in [0.25, 0.3) is 11.8 Å². The molecule has 0 aromatic heterocycles. The van der Waals surface area contributed by atoms with Crippen LogP contribution in [0.4, 0.5) is 5.69 Å². The second-order valence-electron chi connectivity index (χ2n) is 24.8. The summed E-state index contributed by atoms with van der Waals surface area (Å²) >= 11 is 0. The number of phenols is 1. The number of rotatable bonds is 16. The number of nitrogens with zero attached hydrogens (tertiary/aromatic N) is 1. The van der Waals surface area contributed by atoms with Crippen LogP contribution in [0.1, 0.15) is 140 Å². The maximum absolute atomic E-state index is 14.3. The van der Waals surface area contributed by atoms with Crippen LogP contribution in [0.5, 0.6) is 34.5 Å². The number of benzene rings is 4. The first kappa shape index (κ1) is 52.0. The zero-order valence-electron chi connectivity index (χ0n) is 46.0. The molecule has 3 aliphatic heterocycles. The van der Waals surface area contributed by atoms with Crippen LogP contribution in [0.25, 0.3) is 17.2 Å². The number of aliphatic hydroxyl groups excluding tert-OH is 4. The Morgan fingerprint density at radius 2 is 1.65 bits per heavy atom. The molecule has 0 unspecified atom stereocenters. The second kappa shape index (κ2) is 19.8. The quantitative estimate of drug-likeness (QED) is 0.0318. The standard InChI is InChI=1S/C65H75N3O12/c1-4-66-32-80-49-28-47(76-2)39-14-15-40-55-46(67-63(75)58(49)57(39)55)27-48-56(40)61(73)43(31-79-48)36-25-50(77-3)62(74)51(26-36)78-30-37(29-70)65-44-16-12-34-9-8-10-38(59(34)65)35-23-42-33(19-22-69)11-13-41(54(42)45(65)24-35)60(44)64(20-6-5-7-21-64)68-52(71)17-18-53(68)72/h8-10,12,16-18,25-28,33,35,37,41-45,54,60-61,63,66-67,69-70,73-75H,4-7,11,13-15,19-24,29-32H2,1-3H3/t33-,35+,37-,41-,42+,43-,44-,45+,54+,60+,61-,63-,65-/m0/s1. The van der Waals surface area contributed by atoms with E-state index in [1.807, 2.05) is 19.1 Å². The molecule has 14 rings (SSSR count). The van der Waals surface area contributed by atoms with E-state index in [1.165, 1.54) is 30.4 Å². The van der Waals surface area contributed by atoms with Crippen molar-refractivity contribution in [2.45, 2.75) is 119 Å². The summed E-state index contributed by atoms with van der Waals surface area (Å²) in [6, 6.07) is 13.9. The van der Waals surface area contributed by atoms with Gasteiger partial charge < -0.3 is 54.5 Å². The predicted molar refractivity (Wildman–Crippen MR) is 299 cm³/mol. The van der Waals surface area contributed by atoms with Crippen molar-refractivity contribution in [1.82, 2.24) is 10.2 Å². The van der Waals surface area contributed by atoms with E-state index in [2.05, 4.69) is 41.0 Å². The van der Waals surface area contributed by atoms with Crippen LogP contribution in [0.3, 0.4) is 0 Å². The van der Waals surface area contributed by atoms with Crippen LogP contribution < -0.4 is 34.3 Å². The second-order valence-corrected chi connectivity index (χ2v) is 24.8. The van der Waals surface area contributed by atoms with Gasteiger partial charge in [-0.25, -0.2) is 0 Å². The molecule has 80 heavy (non-hydrogen) atoms. The molecule has 4 saturated carbocycles. The Labute approximate surface area is 467 Å². The summed E-state index contributed by atoms with van der Waals surface area (Å²) in [7, 11) is 3.14. The summed E-state index contributed by atoms with van der Waals surface area (Å²) in [5, 5.41) is 66.1. The molecule has 4 aromatic carbocycles. The molecule has 2 bridgehead atoms. The number of methoxy groups -OCH3 is 2. The van der Waals surface area contributed by atoms with Crippen LogP contribution in [-0.4, -0.2) is 102 Å². The lowest BCUT2D eigenvalue weighted by Crippen LogP contribution is -2.73. The van der Waals surface area contributed by atoms with Crippen LogP contribution in [-0.2, 0) is 27.8 Å². The number of phenolic OH excluding ortho intramolecular Hbond substituents is 1. The zero-order valence-corrected chi connectivity index (χ0v) is 46.0. The van der Waals surface area contributed by atoms with Crippen LogP contribution in [0.2, 0.25) is 0 Å². The molecule has 0 radical (unpaired) electrons. The number of ether oxygens (including phenoxy) is 5. The van der Waals surface area contributed by atoms with Crippen LogP contribution >= 0.6 is 0 Å². The fourth-order valence-electron chi connectivity index (χ4n) is 19.1. The summed E-state index contributed by atoms with van der Waals surface area (Å²) < 4.78 is 31.7. The molecule has 7 aliphatic carbocycles. The monoisotopic (exact) mass is 1090 g/mol.